The van der Waals surface area contributed by atoms with E-state index in [4.69, 9.17) is 14.1 Å². The SMILES string of the molecule is COc1cc2ncnc(NCc3ccc4c(c3)COB4O)c2cc1OC. The first-order chi connectivity index (χ1) is 12.7. The van der Waals surface area contributed by atoms with E-state index >= 15 is 0 Å². The maximum absolute atomic E-state index is 9.71. The van der Waals surface area contributed by atoms with Crippen LogP contribution < -0.4 is 20.3 Å². The molecule has 0 spiro atoms. The van der Waals surface area contributed by atoms with Crippen molar-refractivity contribution in [2.45, 2.75) is 13.2 Å². The number of hydrogen-bond acceptors (Lipinski definition) is 7. The van der Waals surface area contributed by atoms with Gasteiger partial charge in [0.05, 0.1) is 26.3 Å². The average Bonchev–Trinajstić information content (AvgIpc) is 3.05. The van der Waals surface area contributed by atoms with Crippen LogP contribution in [0, 0.1) is 0 Å². The summed E-state index contributed by atoms with van der Waals surface area (Å²) < 4.78 is 15.9. The van der Waals surface area contributed by atoms with E-state index in [1.54, 1.807) is 14.2 Å². The van der Waals surface area contributed by atoms with E-state index in [1.165, 1.54) is 6.33 Å². The Hall–Kier alpha value is -2.84. The first kappa shape index (κ1) is 16.6. The summed E-state index contributed by atoms with van der Waals surface area (Å²) in [6.07, 6.45) is 1.52. The van der Waals surface area contributed by atoms with Gasteiger partial charge < -0.3 is 24.5 Å². The largest absolute Gasteiger partial charge is 0.493 e. The second-order valence-corrected chi connectivity index (χ2v) is 6.00. The van der Waals surface area contributed by atoms with Crippen molar-refractivity contribution < 1.29 is 19.2 Å². The number of methoxy groups -OCH3 is 2. The van der Waals surface area contributed by atoms with Crippen molar-refractivity contribution in [2.24, 2.45) is 0 Å². The lowest BCUT2D eigenvalue weighted by Crippen LogP contribution is -2.27. The van der Waals surface area contributed by atoms with Gasteiger partial charge in [0, 0.05) is 18.0 Å². The molecule has 1 aromatic heterocycles. The number of hydrogen-bond donors (Lipinski definition) is 2. The van der Waals surface area contributed by atoms with Crippen molar-refractivity contribution >= 4 is 29.3 Å². The van der Waals surface area contributed by atoms with Crippen molar-refractivity contribution in [3.05, 3.63) is 47.8 Å². The second kappa shape index (κ2) is 6.82. The molecule has 1 aliphatic heterocycles. The molecule has 26 heavy (non-hydrogen) atoms. The van der Waals surface area contributed by atoms with Crippen LogP contribution in [0.5, 0.6) is 11.5 Å². The van der Waals surface area contributed by atoms with Gasteiger partial charge in [-0.3, -0.25) is 0 Å². The van der Waals surface area contributed by atoms with Gasteiger partial charge in [0.2, 0.25) is 0 Å². The van der Waals surface area contributed by atoms with Crippen molar-refractivity contribution in [3.8, 4) is 11.5 Å². The zero-order valence-electron chi connectivity index (χ0n) is 14.5. The Kier molecular flexibility index (Phi) is 4.36. The van der Waals surface area contributed by atoms with Crippen LogP contribution in [0.3, 0.4) is 0 Å². The van der Waals surface area contributed by atoms with Gasteiger partial charge in [-0.25, -0.2) is 9.97 Å². The van der Waals surface area contributed by atoms with Crippen LogP contribution >= 0.6 is 0 Å². The predicted molar refractivity (Wildman–Crippen MR) is 98.8 cm³/mol. The summed E-state index contributed by atoms with van der Waals surface area (Å²) >= 11 is 0. The lowest BCUT2D eigenvalue weighted by Gasteiger charge is -2.12. The molecule has 3 aromatic rings. The van der Waals surface area contributed by atoms with Gasteiger partial charge in [-0.15, -0.1) is 0 Å². The van der Waals surface area contributed by atoms with Crippen molar-refractivity contribution in [1.82, 2.24) is 9.97 Å². The molecule has 0 saturated heterocycles. The van der Waals surface area contributed by atoms with Gasteiger partial charge in [0.15, 0.2) is 11.5 Å². The number of nitrogens with zero attached hydrogens (tertiary/aromatic N) is 2. The number of rotatable bonds is 5. The standard InChI is InChI=1S/C18H18BN3O4/c1-24-16-6-13-15(7-17(16)25-2)21-10-22-18(13)20-8-11-3-4-14-12(5-11)9-26-19(14)23/h3-7,10,23H,8-9H2,1-2H3,(H,20,21,22). The fraction of sp³-hybridized carbons (Fsp3) is 0.222. The van der Waals surface area contributed by atoms with Crippen LogP contribution in [-0.4, -0.2) is 36.3 Å². The quantitative estimate of drug-likeness (QED) is 0.674. The number of aromatic nitrogens is 2. The summed E-state index contributed by atoms with van der Waals surface area (Å²) in [6.45, 7) is 1.02. The zero-order valence-corrected chi connectivity index (χ0v) is 14.5. The molecule has 4 rings (SSSR count). The molecule has 132 valence electrons. The highest BCUT2D eigenvalue weighted by molar-refractivity contribution is 6.61. The molecule has 7 nitrogen and oxygen atoms in total. The molecule has 0 fully saturated rings. The van der Waals surface area contributed by atoms with Gasteiger partial charge in [-0.1, -0.05) is 18.2 Å². The highest BCUT2D eigenvalue weighted by Gasteiger charge is 2.26. The average molecular weight is 351 g/mol. The molecule has 0 aliphatic carbocycles. The highest BCUT2D eigenvalue weighted by Crippen LogP contribution is 2.33. The van der Waals surface area contributed by atoms with Gasteiger partial charge in [0.1, 0.15) is 12.1 Å². The van der Waals surface area contributed by atoms with E-state index in [2.05, 4.69) is 15.3 Å². The molecule has 2 aromatic carbocycles. The Morgan fingerprint density at radius 3 is 2.77 bits per heavy atom. The molecular weight excluding hydrogens is 333 g/mol. The van der Waals surface area contributed by atoms with Crippen molar-refractivity contribution in [2.75, 3.05) is 19.5 Å². The molecule has 1 aliphatic rings. The van der Waals surface area contributed by atoms with Crippen LogP contribution in [0.4, 0.5) is 5.82 Å². The van der Waals surface area contributed by atoms with Gasteiger partial charge in [0.25, 0.3) is 0 Å². The van der Waals surface area contributed by atoms with Gasteiger partial charge in [-0.2, -0.15) is 0 Å². The van der Waals surface area contributed by atoms with E-state index in [-0.39, 0.29) is 0 Å². The lowest BCUT2D eigenvalue weighted by molar-refractivity contribution is 0.275. The molecule has 0 saturated carbocycles. The van der Waals surface area contributed by atoms with E-state index < -0.39 is 7.12 Å². The normalized spacial score (nSPS) is 13.0. The molecule has 2 N–H and O–H groups in total. The Labute approximate surface area is 151 Å². The van der Waals surface area contributed by atoms with Crippen LogP contribution in [0.2, 0.25) is 0 Å². The fourth-order valence-electron chi connectivity index (χ4n) is 3.10. The molecule has 0 unspecified atom stereocenters. The first-order valence-corrected chi connectivity index (χ1v) is 8.21. The van der Waals surface area contributed by atoms with E-state index in [0.717, 1.165) is 27.5 Å². The summed E-state index contributed by atoms with van der Waals surface area (Å²) in [5.74, 6) is 1.97. The fourth-order valence-corrected chi connectivity index (χ4v) is 3.10. The summed E-state index contributed by atoms with van der Waals surface area (Å²) in [5.41, 5.74) is 3.69. The number of nitrogens with one attached hydrogen (secondary N) is 1. The predicted octanol–water partition coefficient (Wildman–Crippen LogP) is 1.48. The third-order valence-corrected chi connectivity index (χ3v) is 4.47. The number of anilines is 1. The maximum atomic E-state index is 9.71. The Bertz CT molecular complexity index is 967. The topological polar surface area (TPSA) is 85.7 Å². The first-order valence-electron chi connectivity index (χ1n) is 8.21. The van der Waals surface area contributed by atoms with E-state index in [0.29, 0.717) is 30.5 Å². The summed E-state index contributed by atoms with van der Waals surface area (Å²) in [4.78, 5) is 8.66. The molecule has 0 atom stereocenters. The minimum Gasteiger partial charge on any atom is -0.493 e. The Morgan fingerprint density at radius 2 is 1.96 bits per heavy atom. The summed E-state index contributed by atoms with van der Waals surface area (Å²) in [5, 5.41) is 13.9. The van der Waals surface area contributed by atoms with Crippen molar-refractivity contribution in [3.63, 3.8) is 0 Å². The third-order valence-electron chi connectivity index (χ3n) is 4.47. The minimum absolute atomic E-state index is 0.428. The molecule has 0 amide bonds. The van der Waals surface area contributed by atoms with Crippen LogP contribution in [-0.2, 0) is 17.8 Å². The molecule has 0 bridgehead atoms. The highest BCUT2D eigenvalue weighted by atomic mass is 16.5. The second-order valence-electron chi connectivity index (χ2n) is 6.00. The smallest absolute Gasteiger partial charge is 0.491 e. The van der Waals surface area contributed by atoms with E-state index in [9.17, 15) is 5.02 Å². The monoisotopic (exact) mass is 351 g/mol. The van der Waals surface area contributed by atoms with E-state index in [1.807, 2.05) is 30.3 Å². The number of fused-ring (bicyclic) bond motifs is 2. The summed E-state index contributed by atoms with van der Waals surface area (Å²) in [7, 11) is 2.38. The summed E-state index contributed by atoms with van der Waals surface area (Å²) in [6, 6.07) is 9.59. The minimum atomic E-state index is -0.819. The van der Waals surface area contributed by atoms with Crippen LogP contribution in [0.25, 0.3) is 10.9 Å². The zero-order chi connectivity index (χ0) is 18.1. The molecule has 2 heterocycles. The molecule has 0 radical (unpaired) electrons. The van der Waals surface area contributed by atoms with Crippen LogP contribution in [0.15, 0.2) is 36.7 Å². The Morgan fingerprint density at radius 1 is 1.15 bits per heavy atom. The Balaban J connectivity index is 1.61. The maximum Gasteiger partial charge on any atom is 0.491 e. The molecular formula is C18H18BN3O4. The molecule has 8 heteroatoms. The number of benzene rings is 2. The number of ether oxygens (including phenoxy) is 2. The third kappa shape index (κ3) is 2.93. The van der Waals surface area contributed by atoms with Crippen LogP contribution in [0.1, 0.15) is 11.1 Å². The van der Waals surface area contributed by atoms with Crippen molar-refractivity contribution in [1.29, 1.82) is 0 Å². The lowest BCUT2D eigenvalue weighted by atomic mass is 9.79. The van der Waals surface area contributed by atoms with Gasteiger partial charge in [-0.05, 0) is 22.7 Å². The van der Waals surface area contributed by atoms with Gasteiger partial charge >= 0.3 is 7.12 Å².